The van der Waals surface area contributed by atoms with E-state index < -0.39 is 0 Å². The molecule has 0 amide bonds. The van der Waals surface area contributed by atoms with Crippen LogP contribution >= 0.6 is 0 Å². The van der Waals surface area contributed by atoms with Gasteiger partial charge in [0.2, 0.25) is 0 Å². The van der Waals surface area contributed by atoms with Crippen LogP contribution < -0.4 is 10.5 Å². The van der Waals surface area contributed by atoms with E-state index in [-0.39, 0.29) is 0 Å². The Hall–Kier alpha value is -2.10. The fourth-order valence-corrected chi connectivity index (χ4v) is 1.21. The third kappa shape index (κ3) is 2.04. The largest absolute Gasteiger partial charge is 0.495 e. The van der Waals surface area contributed by atoms with Gasteiger partial charge in [-0.1, -0.05) is 0 Å². The van der Waals surface area contributed by atoms with Gasteiger partial charge in [0.1, 0.15) is 5.75 Å². The van der Waals surface area contributed by atoms with Crippen LogP contribution in [0.4, 0.5) is 5.69 Å². The van der Waals surface area contributed by atoms with Crippen molar-refractivity contribution in [3.05, 3.63) is 36.7 Å². The van der Waals surface area contributed by atoms with Crippen molar-refractivity contribution in [3.63, 3.8) is 0 Å². The van der Waals surface area contributed by atoms with Crippen molar-refractivity contribution >= 4 is 5.69 Å². The summed E-state index contributed by atoms with van der Waals surface area (Å²) in [7, 11) is 1.61. The van der Waals surface area contributed by atoms with Crippen LogP contribution in [0.2, 0.25) is 0 Å². The molecule has 0 fully saturated rings. The molecule has 15 heavy (non-hydrogen) atoms. The van der Waals surface area contributed by atoms with Gasteiger partial charge in [-0.25, -0.2) is 0 Å². The standard InChI is InChI=1S/C11H11N3O/c1-15-9-3-5-11(14-7-9)10-4-2-8(12)6-13-10/h2-7H,12H2,1H3. The number of nitrogens with zero attached hydrogens (tertiary/aromatic N) is 2. The van der Waals surface area contributed by atoms with Gasteiger partial charge in [-0.2, -0.15) is 0 Å². The molecule has 0 radical (unpaired) electrons. The summed E-state index contributed by atoms with van der Waals surface area (Å²) in [5.74, 6) is 0.731. The summed E-state index contributed by atoms with van der Waals surface area (Å²) in [5, 5.41) is 0. The Balaban J connectivity index is 2.33. The number of ether oxygens (including phenoxy) is 1. The molecule has 0 aromatic carbocycles. The monoisotopic (exact) mass is 201 g/mol. The summed E-state index contributed by atoms with van der Waals surface area (Å²) < 4.78 is 5.02. The molecule has 0 aliphatic heterocycles. The first kappa shape index (κ1) is 9.45. The van der Waals surface area contributed by atoms with E-state index in [1.54, 1.807) is 25.6 Å². The Bertz CT molecular complexity index is 436. The summed E-state index contributed by atoms with van der Waals surface area (Å²) in [6, 6.07) is 7.34. The number of hydrogen-bond acceptors (Lipinski definition) is 4. The Labute approximate surface area is 87.7 Å². The van der Waals surface area contributed by atoms with E-state index in [4.69, 9.17) is 10.5 Å². The van der Waals surface area contributed by atoms with Crippen molar-refractivity contribution in [2.24, 2.45) is 0 Å². The first-order valence-corrected chi connectivity index (χ1v) is 4.51. The number of nitrogen functional groups attached to an aromatic ring is 1. The molecule has 0 unspecified atom stereocenters. The highest BCUT2D eigenvalue weighted by Gasteiger charge is 2.00. The molecule has 0 atom stereocenters. The predicted molar refractivity (Wildman–Crippen MR) is 58.4 cm³/mol. The van der Waals surface area contributed by atoms with E-state index in [1.165, 1.54) is 0 Å². The fraction of sp³-hybridized carbons (Fsp3) is 0.0909. The van der Waals surface area contributed by atoms with Crippen LogP contribution in [0.5, 0.6) is 5.75 Å². The van der Waals surface area contributed by atoms with E-state index in [0.29, 0.717) is 5.69 Å². The lowest BCUT2D eigenvalue weighted by molar-refractivity contribution is 0.413. The van der Waals surface area contributed by atoms with E-state index in [1.807, 2.05) is 18.2 Å². The van der Waals surface area contributed by atoms with Gasteiger partial charge in [0, 0.05) is 0 Å². The van der Waals surface area contributed by atoms with Crippen LogP contribution in [-0.4, -0.2) is 17.1 Å². The minimum Gasteiger partial charge on any atom is -0.495 e. The molecule has 0 bridgehead atoms. The van der Waals surface area contributed by atoms with Crippen LogP contribution in [-0.2, 0) is 0 Å². The average molecular weight is 201 g/mol. The van der Waals surface area contributed by atoms with Crippen LogP contribution in [0.25, 0.3) is 11.4 Å². The Kier molecular flexibility index (Phi) is 2.49. The third-order valence-electron chi connectivity index (χ3n) is 2.02. The molecule has 2 aromatic heterocycles. The van der Waals surface area contributed by atoms with Gasteiger partial charge in [0.15, 0.2) is 0 Å². The number of hydrogen-bond donors (Lipinski definition) is 1. The summed E-state index contributed by atoms with van der Waals surface area (Å²) >= 11 is 0. The highest BCUT2D eigenvalue weighted by Crippen LogP contribution is 2.17. The van der Waals surface area contributed by atoms with Gasteiger partial charge in [0.25, 0.3) is 0 Å². The molecule has 2 rings (SSSR count). The Morgan fingerprint density at radius 2 is 1.67 bits per heavy atom. The number of pyridine rings is 2. The van der Waals surface area contributed by atoms with Gasteiger partial charge < -0.3 is 10.5 Å². The van der Waals surface area contributed by atoms with Gasteiger partial charge in [-0.05, 0) is 24.3 Å². The smallest absolute Gasteiger partial charge is 0.137 e. The summed E-state index contributed by atoms with van der Waals surface area (Å²) in [6.07, 6.45) is 3.27. The van der Waals surface area contributed by atoms with Gasteiger partial charge in [-0.3, -0.25) is 9.97 Å². The van der Waals surface area contributed by atoms with Gasteiger partial charge in [0.05, 0.1) is 36.6 Å². The maximum atomic E-state index is 5.55. The maximum Gasteiger partial charge on any atom is 0.137 e. The van der Waals surface area contributed by atoms with Gasteiger partial charge in [-0.15, -0.1) is 0 Å². The van der Waals surface area contributed by atoms with Crippen LogP contribution in [0.15, 0.2) is 36.7 Å². The summed E-state index contributed by atoms with van der Waals surface area (Å²) in [4.78, 5) is 8.40. The van der Waals surface area contributed by atoms with E-state index in [2.05, 4.69) is 9.97 Å². The third-order valence-corrected chi connectivity index (χ3v) is 2.02. The first-order valence-electron chi connectivity index (χ1n) is 4.51. The molecule has 2 aromatic rings. The number of nitrogens with two attached hydrogens (primary N) is 1. The quantitative estimate of drug-likeness (QED) is 0.803. The van der Waals surface area contributed by atoms with Crippen molar-refractivity contribution in [3.8, 4) is 17.1 Å². The lowest BCUT2D eigenvalue weighted by atomic mass is 10.2. The topological polar surface area (TPSA) is 61.0 Å². The fourth-order valence-electron chi connectivity index (χ4n) is 1.21. The van der Waals surface area contributed by atoms with E-state index in [0.717, 1.165) is 17.1 Å². The van der Waals surface area contributed by atoms with Crippen molar-refractivity contribution in [1.29, 1.82) is 0 Å². The Morgan fingerprint density at radius 1 is 1.00 bits per heavy atom. The van der Waals surface area contributed by atoms with Crippen molar-refractivity contribution in [2.45, 2.75) is 0 Å². The molecule has 0 saturated heterocycles. The number of anilines is 1. The zero-order valence-corrected chi connectivity index (χ0v) is 8.34. The lowest BCUT2D eigenvalue weighted by Gasteiger charge is -2.02. The van der Waals surface area contributed by atoms with Crippen molar-refractivity contribution in [1.82, 2.24) is 9.97 Å². The summed E-state index contributed by atoms with van der Waals surface area (Å²) in [6.45, 7) is 0. The molecule has 0 aliphatic carbocycles. The lowest BCUT2D eigenvalue weighted by Crippen LogP contribution is -1.91. The molecule has 0 spiro atoms. The zero-order chi connectivity index (χ0) is 10.7. The van der Waals surface area contributed by atoms with Crippen LogP contribution in [0.3, 0.4) is 0 Å². The summed E-state index contributed by atoms with van der Waals surface area (Å²) in [5.41, 5.74) is 7.79. The molecule has 4 heteroatoms. The SMILES string of the molecule is COc1ccc(-c2ccc(N)cn2)nc1. The number of rotatable bonds is 2. The molecule has 4 nitrogen and oxygen atoms in total. The number of aromatic nitrogens is 2. The van der Waals surface area contributed by atoms with E-state index >= 15 is 0 Å². The second-order valence-electron chi connectivity index (χ2n) is 3.06. The second-order valence-corrected chi connectivity index (χ2v) is 3.06. The van der Waals surface area contributed by atoms with E-state index in [9.17, 15) is 0 Å². The maximum absolute atomic E-state index is 5.55. The number of methoxy groups -OCH3 is 1. The van der Waals surface area contributed by atoms with Crippen LogP contribution in [0.1, 0.15) is 0 Å². The van der Waals surface area contributed by atoms with Crippen molar-refractivity contribution in [2.75, 3.05) is 12.8 Å². The minimum atomic E-state index is 0.646. The Morgan fingerprint density at radius 3 is 2.13 bits per heavy atom. The van der Waals surface area contributed by atoms with Crippen LogP contribution in [0, 0.1) is 0 Å². The van der Waals surface area contributed by atoms with Crippen molar-refractivity contribution < 1.29 is 4.74 Å². The molecule has 0 aliphatic rings. The normalized spacial score (nSPS) is 9.93. The molecule has 76 valence electrons. The molecular formula is C11H11N3O. The zero-order valence-electron chi connectivity index (χ0n) is 8.34. The first-order chi connectivity index (χ1) is 7.29. The van der Waals surface area contributed by atoms with Gasteiger partial charge >= 0.3 is 0 Å². The molecular weight excluding hydrogens is 190 g/mol. The predicted octanol–water partition coefficient (Wildman–Crippen LogP) is 1.73. The second kappa shape index (κ2) is 3.96. The molecule has 2 heterocycles. The molecule has 2 N–H and O–H groups in total. The highest BCUT2D eigenvalue weighted by molar-refractivity contribution is 5.56. The highest BCUT2D eigenvalue weighted by atomic mass is 16.5. The average Bonchev–Trinajstić information content (AvgIpc) is 2.30. The molecule has 0 saturated carbocycles. The minimum absolute atomic E-state index is 0.646.